The molecule has 0 bridgehead atoms. The number of aromatic nitrogens is 3. The number of thiophene rings is 1. The molecule has 0 spiro atoms. The van der Waals surface area contributed by atoms with Gasteiger partial charge in [-0.15, -0.1) is 11.3 Å². The molecule has 27 heavy (non-hydrogen) atoms. The van der Waals surface area contributed by atoms with Gasteiger partial charge >= 0.3 is 0 Å². The predicted molar refractivity (Wildman–Crippen MR) is 106 cm³/mol. The van der Waals surface area contributed by atoms with E-state index in [9.17, 15) is 9.90 Å². The van der Waals surface area contributed by atoms with E-state index >= 15 is 0 Å². The van der Waals surface area contributed by atoms with E-state index in [-0.39, 0.29) is 11.8 Å². The summed E-state index contributed by atoms with van der Waals surface area (Å²) in [7, 11) is 1.85. The molecule has 0 aromatic carbocycles. The molecule has 6 nitrogen and oxygen atoms in total. The first-order valence-electron chi connectivity index (χ1n) is 9.27. The van der Waals surface area contributed by atoms with Gasteiger partial charge in [-0.2, -0.15) is 5.10 Å². The second-order valence-corrected chi connectivity index (χ2v) is 8.29. The lowest BCUT2D eigenvalue weighted by Gasteiger charge is -2.34. The van der Waals surface area contributed by atoms with E-state index in [4.69, 9.17) is 0 Å². The Morgan fingerprint density at radius 3 is 2.74 bits per heavy atom. The number of amides is 1. The molecule has 3 aromatic rings. The maximum absolute atomic E-state index is 13.2. The number of fused-ring (bicyclic) bond motifs is 1. The van der Waals surface area contributed by atoms with Crippen molar-refractivity contribution in [1.82, 2.24) is 19.7 Å². The molecule has 1 aliphatic rings. The van der Waals surface area contributed by atoms with Crippen LogP contribution in [0.5, 0.6) is 0 Å². The summed E-state index contributed by atoms with van der Waals surface area (Å²) in [6, 6.07) is 5.82. The molecule has 1 atom stereocenters. The van der Waals surface area contributed by atoms with Gasteiger partial charge in [-0.05, 0) is 50.1 Å². The molecule has 1 saturated heterocycles. The Morgan fingerprint density at radius 1 is 1.33 bits per heavy atom. The average molecular weight is 385 g/mol. The van der Waals surface area contributed by atoms with Crippen LogP contribution in [-0.4, -0.2) is 43.8 Å². The summed E-state index contributed by atoms with van der Waals surface area (Å²) in [6.07, 6.45) is 1.19. The largest absolute Gasteiger partial charge is 0.387 e. The normalized spacial score (nSPS) is 16.8. The van der Waals surface area contributed by atoms with E-state index in [1.54, 1.807) is 16.0 Å². The summed E-state index contributed by atoms with van der Waals surface area (Å²) >= 11 is 1.59. The minimum Gasteiger partial charge on any atom is -0.387 e. The Balaban J connectivity index is 1.54. The van der Waals surface area contributed by atoms with Crippen molar-refractivity contribution in [3.63, 3.8) is 0 Å². The Bertz CT molecular complexity index is 972. The molecule has 3 aromatic heterocycles. The minimum atomic E-state index is -0.433. The van der Waals surface area contributed by atoms with Crippen molar-refractivity contribution in [2.24, 2.45) is 13.0 Å². The zero-order valence-corrected chi connectivity index (χ0v) is 16.7. The number of rotatable bonds is 3. The van der Waals surface area contributed by atoms with Crippen LogP contribution in [0.4, 0.5) is 0 Å². The topological polar surface area (TPSA) is 71.2 Å². The Kier molecular flexibility index (Phi) is 4.74. The second-order valence-electron chi connectivity index (χ2n) is 7.31. The number of piperidine rings is 1. The van der Waals surface area contributed by atoms with Crippen LogP contribution in [0.1, 0.15) is 45.6 Å². The van der Waals surface area contributed by atoms with Crippen LogP contribution in [0.2, 0.25) is 0 Å². The number of carbonyl (C=O) groups is 1. The van der Waals surface area contributed by atoms with Crippen molar-refractivity contribution in [3.8, 4) is 0 Å². The number of hydrogen-bond donors (Lipinski definition) is 1. The van der Waals surface area contributed by atoms with E-state index < -0.39 is 6.10 Å². The van der Waals surface area contributed by atoms with E-state index in [0.29, 0.717) is 18.7 Å². The number of pyridine rings is 1. The maximum atomic E-state index is 13.2. The molecule has 1 fully saturated rings. The summed E-state index contributed by atoms with van der Waals surface area (Å²) in [5.74, 6) is 0.234. The summed E-state index contributed by atoms with van der Waals surface area (Å²) in [6.45, 7) is 5.14. The lowest BCUT2D eigenvalue weighted by molar-refractivity contribution is 0.0475. The van der Waals surface area contributed by atoms with E-state index in [2.05, 4.69) is 10.1 Å². The molecule has 7 heteroatoms. The molecular weight excluding hydrogens is 360 g/mol. The third-order valence-electron chi connectivity index (χ3n) is 5.44. The Morgan fingerprint density at radius 2 is 2.07 bits per heavy atom. The van der Waals surface area contributed by atoms with Gasteiger partial charge in [-0.25, -0.2) is 4.98 Å². The number of carbonyl (C=O) groups excluding carboxylic acids is 1. The fourth-order valence-corrected chi connectivity index (χ4v) is 4.82. The molecule has 142 valence electrons. The molecule has 0 radical (unpaired) electrons. The fourth-order valence-electron chi connectivity index (χ4n) is 4.02. The zero-order valence-electron chi connectivity index (χ0n) is 15.8. The quantitative estimate of drug-likeness (QED) is 0.753. The van der Waals surface area contributed by atoms with Gasteiger partial charge in [0.1, 0.15) is 0 Å². The van der Waals surface area contributed by atoms with Crippen LogP contribution >= 0.6 is 11.3 Å². The van der Waals surface area contributed by atoms with Crippen molar-refractivity contribution in [1.29, 1.82) is 0 Å². The van der Waals surface area contributed by atoms with Gasteiger partial charge in [-0.3, -0.25) is 9.48 Å². The molecule has 0 saturated carbocycles. The van der Waals surface area contributed by atoms with Crippen LogP contribution in [0.3, 0.4) is 0 Å². The number of aliphatic hydroxyl groups is 1. The van der Waals surface area contributed by atoms with Crippen molar-refractivity contribution in [3.05, 3.63) is 45.4 Å². The molecule has 1 N–H and O–H groups in total. The summed E-state index contributed by atoms with van der Waals surface area (Å²) in [5, 5.41) is 17.8. The highest BCUT2D eigenvalue weighted by molar-refractivity contribution is 7.10. The average Bonchev–Trinajstić information content (AvgIpc) is 3.29. The maximum Gasteiger partial charge on any atom is 0.254 e. The molecular formula is C20H24N4O2S. The smallest absolute Gasteiger partial charge is 0.254 e. The SMILES string of the molecule is Cc1cc(C(=O)N2CCC([C@H](O)c3cccs3)CC2)c2c(C)nn(C)c2n1. The molecule has 1 aliphatic heterocycles. The van der Waals surface area contributed by atoms with Crippen molar-refractivity contribution in [2.45, 2.75) is 32.8 Å². The Hall–Kier alpha value is -2.25. The van der Waals surface area contributed by atoms with Gasteiger partial charge in [0.05, 0.1) is 22.7 Å². The van der Waals surface area contributed by atoms with Gasteiger partial charge in [0, 0.05) is 30.7 Å². The summed E-state index contributed by atoms with van der Waals surface area (Å²) < 4.78 is 1.73. The number of hydrogen-bond acceptors (Lipinski definition) is 5. The first-order valence-corrected chi connectivity index (χ1v) is 10.2. The Labute approximate surface area is 162 Å². The van der Waals surface area contributed by atoms with Gasteiger partial charge in [-0.1, -0.05) is 6.07 Å². The van der Waals surface area contributed by atoms with Crippen LogP contribution in [0.25, 0.3) is 11.0 Å². The highest BCUT2D eigenvalue weighted by Crippen LogP contribution is 2.33. The first kappa shape index (κ1) is 18.1. The van der Waals surface area contributed by atoms with Crippen LogP contribution < -0.4 is 0 Å². The summed E-state index contributed by atoms with van der Waals surface area (Å²) in [5.41, 5.74) is 3.07. The monoisotopic (exact) mass is 384 g/mol. The number of likely N-dealkylation sites (tertiary alicyclic amines) is 1. The van der Waals surface area contributed by atoms with Gasteiger partial charge in [0.25, 0.3) is 5.91 Å². The highest BCUT2D eigenvalue weighted by Gasteiger charge is 2.30. The highest BCUT2D eigenvalue weighted by atomic mass is 32.1. The summed E-state index contributed by atoms with van der Waals surface area (Å²) in [4.78, 5) is 20.7. The van der Waals surface area contributed by atoms with E-state index in [0.717, 1.165) is 40.1 Å². The second kappa shape index (κ2) is 7.05. The van der Waals surface area contributed by atoms with Crippen LogP contribution in [0, 0.1) is 19.8 Å². The fraction of sp³-hybridized carbons (Fsp3) is 0.450. The van der Waals surface area contributed by atoms with E-state index in [1.165, 1.54) is 0 Å². The first-order chi connectivity index (χ1) is 13.0. The third kappa shape index (κ3) is 3.26. The van der Waals surface area contributed by atoms with Crippen molar-refractivity contribution in [2.75, 3.05) is 13.1 Å². The lowest BCUT2D eigenvalue weighted by Crippen LogP contribution is -2.39. The predicted octanol–water partition coefficient (Wildman–Crippen LogP) is 3.23. The molecule has 0 unspecified atom stereocenters. The van der Waals surface area contributed by atoms with Crippen LogP contribution in [-0.2, 0) is 7.05 Å². The molecule has 1 amide bonds. The van der Waals surface area contributed by atoms with Gasteiger partial charge < -0.3 is 10.0 Å². The standard InChI is InChI=1S/C20H24N4O2S/c1-12-11-15(17-13(2)22-23(3)19(17)21-12)20(26)24-8-6-14(7-9-24)18(25)16-5-4-10-27-16/h4-5,10-11,14,18,25H,6-9H2,1-3H3/t18-/m0/s1. The van der Waals surface area contributed by atoms with Gasteiger partial charge in [0.2, 0.25) is 0 Å². The number of aliphatic hydroxyl groups excluding tert-OH is 1. The van der Waals surface area contributed by atoms with Crippen LogP contribution in [0.15, 0.2) is 23.6 Å². The van der Waals surface area contributed by atoms with E-state index in [1.807, 2.05) is 49.4 Å². The van der Waals surface area contributed by atoms with Crippen molar-refractivity contribution >= 4 is 28.3 Å². The third-order valence-corrected chi connectivity index (χ3v) is 6.38. The van der Waals surface area contributed by atoms with Crippen molar-refractivity contribution < 1.29 is 9.90 Å². The molecule has 4 rings (SSSR count). The molecule has 4 heterocycles. The number of nitrogens with zero attached hydrogens (tertiary/aromatic N) is 4. The zero-order chi connectivity index (χ0) is 19.1. The lowest BCUT2D eigenvalue weighted by atomic mass is 9.90. The minimum absolute atomic E-state index is 0.0330. The number of aryl methyl sites for hydroxylation is 3. The molecule has 0 aliphatic carbocycles. The van der Waals surface area contributed by atoms with Gasteiger partial charge in [0.15, 0.2) is 5.65 Å².